The van der Waals surface area contributed by atoms with Crippen molar-refractivity contribution in [2.24, 2.45) is 0 Å². The van der Waals surface area contributed by atoms with Crippen LogP contribution in [0.15, 0.2) is 24.3 Å². The lowest BCUT2D eigenvalue weighted by atomic mass is 10.1. The van der Waals surface area contributed by atoms with Gasteiger partial charge in [0.1, 0.15) is 5.82 Å². The van der Waals surface area contributed by atoms with E-state index in [0.717, 1.165) is 0 Å². The van der Waals surface area contributed by atoms with Crippen molar-refractivity contribution in [3.63, 3.8) is 0 Å². The summed E-state index contributed by atoms with van der Waals surface area (Å²) in [4.78, 5) is 11.2. The molecule has 0 aliphatic rings. The first kappa shape index (κ1) is 11.8. The van der Waals surface area contributed by atoms with Crippen LogP contribution in [0.4, 0.5) is 4.39 Å². The van der Waals surface area contributed by atoms with E-state index in [4.69, 9.17) is 34.8 Å². The molecule has 0 saturated heterocycles. The van der Waals surface area contributed by atoms with E-state index in [1.54, 1.807) is 6.07 Å². The molecule has 0 heterocycles. The minimum absolute atomic E-state index is 0.219. The van der Waals surface area contributed by atoms with Crippen molar-refractivity contribution in [1.29, 1.82) is 0 Å². The largest absolute Gasteiger partial charge is 0.294 e. The maximum absolute atomic E-state index is 13.1. The lowest BCUT2D eigenvalue weighted by Crippen LogP contribution is -2.21. The third-order valence-electron chi connectivity index (χ3n) is 1.63. The van der Waals surface area contributed by atoms with Crippen molar-refractivity contribution in [3.8, 4) is 0 Å². The van der Waals surface area contributed by atoms with Crippen LogP contribution in [-0.4, -0.2) is 9.58 Å². The van der Waals surface area contributed by atoms with E-state index >= 15 is 0 Å². The third kappa shape index (κ3) is 3.12. The van der Waals surface area contributed by atoms with Gasteiger partial charge in [-0.2, -0.15) is 0 Å². The van der Waals surface area contributed by atoms with Gasteiger partial charge in [-0.3, -0.25) is 4.79 Å². The first-order chi connectivity index (χ1) is 6.41. The number of alkyl halides is 3. The van der Waals surface area contributed by atoms with Crippen LogP contribution in [0.25, 0.3) is 0 Å². The summed E-state index contributed by atoms with van der Waals surface area (Å²) in [6.45, 7) is 0. The first-order valence-electron chi connectivity index (χ1n) is 3.74. The predicted molar refractivity (Wildman–Crippen MR) is 55.4 cm³/mol. The summed E-state index contributed by atoms with van der Waals surface area (Å²) in [5, 5.41) is 0. The summed E-state index contributed by atoms with van der Waals surface area (Å²) in [7, 11) is 0. The van der Waals surface area contributed by atoms with Crippen molar-refractivity contribution in [1.82, 2.24) is 0 Å². The van der Waals surface area contributed by atoms with E-state index < -0.39 is 15.4 Å². The normalized spacial score (nSPS) is 11.4. The zero-order chi connectivity index (χ0) is 10.8. The van der Waals surface area contributed by atoms with Crippen LogP contribution >= 0.6 is 34.8 Å². The number of hydrogen-bond donors (Lipinski definition) is 0. The molecule has 0 aliphatic heterocycles. The summed E-state index contributed by atoms with van der Waals surface area (Å²) in [5.41, 5.74) is 0.226. The number of rotatable bonds is 2. The second-order valence-corrected chi connectivity index (χ2v) is 4.97. The molecule has 1 aromatic carbocycles. The van der Waals surface area contributed by atoms with Crippen LogP contribution in [0.5, 0.6) is 0 Å². The Labute approximate surface area is 95.8 Å². The second-order valence-electron chi connectivity index (χ2n) is 2.69. The Hall–Kier alpha value is -0.310. The Kier molecular flexibility index (Phi) is 3.76. The van der Waals surface area contributed by atoms with Gasteiger partial charge in [-0.25, -0.2) is 4.39 Å². The highest BCUT2D eigenvalue weighted by Gasteiger charge is 2.30. The van der Waals surface area contributed by atoms with E-state index in [1.165, 1.54) is 18.2 Å². The van der Waals surface area contributed by atoms with E-state index in [-0.39, 0.29) is 12.0 Å². The Morgan fingerprint density at radius 1 is 1.29 bits per heavy atom. The molecular weight excluding hydrogens is 249 g/mol. The number of carbonyl (C=O) groups excluding carboxylic acids is 1. The van der Waals surface area contributed by atoms with Crippen LogP contribution in [0.2, 0.25) is 0 Å². The fourth-order valence-corrected chi connectivity index (χ4v) is 1.12. The molecule has 0 aromatic heterocycles. The lowest BCUT2D eigenvalue weighted by Gasteiger charge is -2.09. The lowest BCUT2D eigenvalue weighted by molar-refractivity contribution is -0.117. The standard InChI is InChI=1S/C9H6Cl3FO/c10-9(11,12)8(14)5-6-3-1-2-4-7(6)13/h1-4H,5H2. The van der Waals surface area contributed by atoms with Crippen molar-refractivity contribution in [2.45, 2.75) is 10.2 Å². The SMILES string of the molecule is O=C(Cc1ccccc1F)C(Cl)(Cl)Cl. The molecule has 0 atom stereocenters. The number of ketones is 1. The molecule has 0 N–H and O–H groups in total. The van der Waals surface area contributed by atoms with E-state index in [1.807, 2.05) is 0 Å². The summed E-state index contributed by atoms with van der Waals surface area (Å²) in [6.07, 6.45) is -0.219. The molecule has 5 heteroatoms. The van der Waals surface area contributed by atoms with Gasteiger partial charge in [0.05, 0.1) is 0 Å². The third-order valence-corrected chi connectivity index (χ3v) is 2.26. The monoisotopic (exact) mass is 254 g/mol. The highest BCUT2D eigenvalue weighted by atomic mass is 35.6. The van der Waals surface area contributed by atoms with Gasteiger partial charge in [-0.05, 0) is 11.6 Å². The Morgan fingerprint density at radius 3 is 2.36 bits per heavy atom. The number of hydrogen-bond acceptors (Lipinski definition) is 1. The summed E-state index contributed by atoms with van der Waals surface area (Å²) >= 11 is 16.0. The molecule has 1 nitrogen and oxygen atoms in total. The molecule has 0 fully saturated rings. The van der Waals surface area contributed by atoms with Crippen LogP contribution < -0.4 is 0 Å². The van der Waals surface area contributed by atoms with Gasteiger partial charge in [0.25, 0.3) is 0 Å². The molecule has 1 aromatic rings. The number of halogens is 4. The summed E-state index contributed by atoms with van der Waals surface area (Å²) < 4.78 is 11.1. The number of benzene rings is 1. The van der Waals surface area contributed by atoms with Gasteiger partial charge in [0, 0.05) is 6.42 Å². The number of carbonyl (C=O) groups is 1. The Morgan fingerprint density at radius 2 is 1.86 bits per heavy atom. The van der Waals surface area contributed by atoms with Crippen LogP contribution in [-0.2, 0) is 11.2 Å². The maximum atomic E-state index is 13.1. The van der Waals surface area contributed by atoms with E-state index in [9.17, 15) is 9.18 Å². The smallest absolute Gasteiger partial charge is 0.249 e. The van der Waals surface area contributed by atoms with Gasteiger partial charge in [-0.1, -0.05) is 53.0 Å². The molecule has 1 rings (SSSR count). The Balaban J connectivity index is 2.80. The highest BCUT2D eigenvalue weighted by molar-refractivity contribution is 6.76. The summed E-state index contributed by atoms with van der Waals surface area (Å²) in [5.74, 6) is -1.12. The van der Waals surface area contributed by atoms with E-state index in [2.05, 4.69) is 0 Å². The van der Waals surface area contributed by atoms with E-state index in [0.29, 0.717) is 0 Å². The zero-order valence-electron chi connectivity index (χ0n) is 6.94. The molecule has 0 aliphatic carbocycles. The van der Waals surface area contributed by atoms with Crippen LogP contribution in [0.1, 0.15) is 5.56 Å². The molecule has 0 saturated carbocycles. The average Bonchev–Trinajstić information content (AvgIpc) is 2.07. The quantitative estimate of drug-likeness (QED) is 0.741. The fourth-order valence-electron chi connectivity index (χ4n) is 0.915. The van der Waals surface area contributed by atoms with Gasteiger partial charge < -0.3 is 0 Å². The van der Waals surface area contributed by atoms with Gasteiger partial charge in [-0.15, -0.1) is 0 Å². The van der Waals surface area contributed by atoms with Crippen molar-refractivity contribution in [2.75, 3.05) is 0 Å². The van der Waals surface area contributed by atoms with Crippen molar-refractivity contribution < 1.29 is 9.18 Å². The molecule has 0 unspecified atom stereocenters. The molecule has 0 amide bonds. The van der Waals surface area contributed by atoms with Crippen molar-refractivity contribution >= 4 is 40.6 Å². The molecule has 0 radical (unpaired) electrons. The second kappa shape index (κ2) is 4.47. The molecule has 0 spiro atoms. The molecular formula is C9H6Cl3FO. The number of Topliss-reactive ketones (excluding diaryl/α,β-unsaturated/α-hetero) is 1. The van der Waals surface area contributed by atoms with Gasteiger partial charge in [0.2, 0.25) is 3.79 Å². The fraction of sp³-hybridized carbons (Fsp3) is 0.222. The highest BCUT2D eigenvalue weighted by Crippen LogP contribution is 2.28. The van der Waals surface area contributed by atoms with Crippen LogP contribution in [0, 0.1) is 5.82 Å². The first-order valence-corrected chi connectivity index (χ1v) is 4.88. The molecule has 0 bridgehead atoms. The molecule has 14 heavy (non-hydrogen) atoms. The predicted octanol–water partition coefficient (Wildman–Crippen LogP) is 3.31. The summed E-state index contributed by atoms with van der Waals surface area (Å²) in [6, 6.07) is 5.87. The topological polar surface area (TPSA) is 17.1 Å². The van der Waals surface area contributed by atoms with Gasteiger partial charge >= 0.3 is 0 Å². The van der Waals surface area contributed by atoms with Crippen molar-refractivity contribution in [3.05, 3.63) is 35.6 Å². The van der Waals surface area contributed by atoms with Gasteiger partial charge in [0.15, 0.2) is 5.78 Å². The maximum Gasteiger partial charge on any atom is 0.249 e. The minimum atomic E-state index is -1.98. The zero-order valence-corrected chi connectivity index (χ0v) is 9.20. The van der Waals surface area contributed by atoms with Crippen LogP contribution in [0.3, 0.4) is 0 Å². The minimum Gasteiger partial charge on any atom is -0.294 e. The molecule has 76 valence electrons. The Bertz CT molecular complexity index is 346. The average molecular weight is 256 g/mol.